The quantitative estimate of drug-likeness (QED) is 0.222. The minimum absolute atomic E-state index is 0.118. The summed E-state index contributed by atoms with van der Waals surface area (Å²) >= 11 is 0. The summed E-state index contributed by atoms with van der Waals surface area (Å²) in [7, 11) is 3.31. The van der Waals surface area contributed by atoms with Crippen LogP contribution in [-0.2, 0) is 26.7 Å². The van der Waals surface area contributed by atoms with Gasteiger partial charge in [-0.15, -0.1) is 0 Å². The lowest BCUT2D eigenvalue weighted by atomic mass is 9.71. The predicted molar refractivity (Wildman–Crippen MR) is 174 cm³/mol. The van der Waals surface area contributed by atoms with Gasteiger partial charge in [0.1, 0.15) is 5.60 Å². The van der Waals surface area contributed by atoms with Gasteiger partial charge in [-0.05, 0) is 69.2 Å². The fourth-order valence-corrected chi connectivity index (χ4v) is 6.08. The Morgan fingerprint density at radius 3 is 2.30 bits per heavy atom. The number of amides is 1. The second-order valence-electron chi connectivity index (χ2n) is 12.6. The van der Waals surface area contributed by atoms with Crippen molar-refractivity contribution in [3.8, 4) is 22.7 Å². The van der Waals surface area contributed by atoms with Crippen LogP contribution in [0.3, 0.4) is 0 Å². The van der Waals surface area contributed by atoms with Gasteiger partial charge in [0.15, 0.2) is 0 Å². The van der Waals surface area contributed by atoms with Gasteiger partial charge in [-0.2, -0.15) is 0 Å². The third kappa shape index (κ3) is 5.57. The van der Waals surface area contributed by atoms with Gasteiger partial charge in [-0.3, -0.25) is 18.9 Å². The van der Waals surface area contributed by atoms with E-state index in [1.165, 1.54) is 0 Å². The SMILES string of the molecule is CCOC(=O)CC1(c2ccc(-n3c(=O)n(C)c4cnc5ccc(-c6ccc(OC)nc6)cc5c43)cc2)CN(C(=O)OC(C)(C)C)C1. The average Bonchev–Trinajstić information content (AvgIpc) is 3.27. The molecule has 0 bridgehead atoms. The van der Waals surface area contributed by atoms with E-state index in [0.717, 1.165) is 33.1 Å². The Morgan fingerprint density at radius 1 is 0.957 bits per heavy atom. The van der Waals surface area contributed by atoms with Crippen LogP contribution in [0.25, 0.3) is 38.8 Å². The van der Waals surface area contributed by atoms with Crippen LogP contribution >= 0.6 is 0 Å². The number of aryl methyl sites for hydroxylation is 1. The Hall–Kier alpha value is -5.19. The summed E-state index contributed by atoms with van der Waals surface area (Å²) < 4.78 is 19.3. The highest BCUT2D eigenvalue weighted by Gasteiger charge is 2.49. The van der Waals surface area contributed by atoms with Crippen LogP contribution in [0.15, 0.2) is 71.8 Å². The van der Waals surface area contributed by atoms with Gasteiger partial charge < -0.3 is 19.1 Å². The van der Waals surface area contributed by atoms with Crippen LogP contribution in [-0.4, -0.2) is 68.5 Å². The van der Waals surface area contributed by atoms with Crippen molar-refractivity contribution in [2.45, 2.75) is 45.1 Å². The number of esters is 1. The third-order valence-electron chi connectivity index (χ3n) is 8.33. The third-order valence-corrected chi connectivity index (χ3v) is 8.33. The molecule has 4 heterocycles. The maximum absolute atomic E-state index is 13.7. The topological polar surface area (TPSA) is 118 Å². The van der Waals surface area contributed by atoms with Crippen molar-refractivity contribution in [2.75, 3.05) is 26.8 Å². The number of fused-ring (bicyclic) bond motifs is 3. The molecular formula is C35H37N5O6. The number of hydrogen-bond acceptors (Lipinski definition) is 8. The number of hydrogen-bond donors (Lipinski definition) is 0. The Labute approximate surface area is 266 Å². The van der Waals surface area contributed by atoms with Crippen molar-refractivity contribution < 1.29 is 23.8 Å². The highest BCUT2D eigenvalue weighted by atomic mass is 16.6. The highest BCUT2D eigenvalue weighted by molar-refractivity contribution is 6.04. The lowest BCUT2D eigenvalue weighted by molar-refractivity contribution is -0.146. The van der Waals surface area contributed by atoms with Gasteiger partial charge in [0.05, 0.1) is 48.6 Å². The Balaban J connectivity index is 1.40. The number of methoxy groups -OCH3 is 1. The number of nitrogens with zero attached hydrogens (tertiary/aromatic N) is 5. The van der Waals surface area contributed by atoms with Gasteiger partial charge in [0.2, 0.25) is 5.88 Å². The van der Waals surface area contributed by atoms with Gasteiger partial charge in [-0.25, -0.2) is 14.6 Å². The van der Waals surface area contributed by atoms with Crippen molar-refractivity contribution in [1.29, 1.82) is 0 Å². The first-order chi connectivity index (χ1) is 21.9. The Kier molecular flexibility index (Phi) is 7.79. The zero-order chi connectivity index (χ0) is 32.8. The van der Waals surface area contributed by atoms with Crippen LogP contribution in [0.4, 0.5) is 4.79 Å². The molecule has 1 aliphatic rings. The van der Waals surface area contributed by atoms with Crippen LogP contribution < -0.4 is 10.4 Å². The molecular weight excluding hydrogens is 586 g/mol. The average molecular weight is 624 g/mol. The summed E-state index contributed by atoms with van der Waals surface area (Å²) in [4.78, 5) is 49.7. The molecule has 1 amide bonds. The molecule has 0 spiro atoms. The largest absolute Gasteiger partial charge is 0.481 e. The summed E-state index contributed by atoms with van der Waals surface area (Å²) in [6, 6.07) is 17.3. The van der Waals surface area contributed by atoms with Gasteiger partial charge in [0.25, 0.3) is 0 Å². The second-order valence-corrected chi connectivity index (χ2v) is 12.6. The number of likely N-dealkylation sites (tertiary alicyclic amines) is 1. The molecule has 2 aromatic carbocycles. The number of imidazole rings is 1. The van der Waals surface area contributed by atoms with E-state index < -0.39 is 17.1 Å². The van der Waals surface area contributed by atoms with E-state index in [2.05, 4.69) is 9.97 Å². The van der Waals surface area contributed by atoms with Gasteiger partial charge in [-0.1, -0.05) is 18.2 Å². The molecule has 3 aromatic heterocycles. The summed E-state index contributed by atoms with van der Waals surface area (Å²) in [5, 5.41) is 0.818. The summed E-state index contributed by atoms with van der Waals surface area (Å²) in [5.74, 6) is 0.194. The van der Waals surface area contributed by atoms with E-state index in [9.17, 15) is 14.4 Å². The standard InChI is InChI=1S/C35H37N5O6/c1-7-45-30(41)17-35(20-39(21-35)33(43)46-34(2,3)4)24-10-12-25(13-11-24)40-31-26-16-22(23-9-15-29(44-6)37-18-23)8-14-27(26)36-19-28(31)38(5)32(40)42/h8-16,18-19H,7,17,20-21H2,1-6H3. The zero-order valence-electron chi connectivity index (χ0n) is 26.9. The molecule has 1 fully saturated rings. The molecule has 238 valence electrons. The smallest absolute Gasteiger partial charge is 0.410 e. The second kappa shape index (κ2) is 11.6. The summed E-state index contributed by atoms with van der Waals surface area (Å²) in [6.07, 6.45) is 3.16. The molecule has 46 heavy (non-hydrogen) atoms. The lowest BCUT2D eigenvalue weighted by Crippen LogP contribution is -2.62. The molecule has 0 N–H and O–H groups in total. The minimum atomic E-state index is -0.636. The molecule has 0 saturated carbocycles. The molecule has 1 aliphatic heterocycles. The van der Waals surface area contributed by atoms with Crippen molar-refractivity contribution in [3.05, 3.63) is 83.0 Å². The van der Waals surface area contributed by atoms with Crippen molar-refractivity contribution in [1.82, 2.24) is 24.0 Å². The zero-order valence-corrected chi connectivity index (χ0v) is 26.9. The lowest BCUT2D eigenvalue weighted by Gasteiger charge is -2.49. The highest BCUT2D eigenvalue weighted by Crippen LogP contribution is 2.40. The van der Waals surface area contributed by atoms with E-state index in [1.54, 1.807) is 47.5 Å². The maximum atomic E-state index is 13.7. The van der Waals surface area contributed by atoms with Crippen LogP contribution in [0.5, 0.6) is 5.88 Å². The van der Waals surface area contributed by atoms with Crippen molar-refractivity contribution in [2.24, 2.45) is 7.05 Å². The van der Waals surface area contributed by atoms with Crippen LogP contribution in [0, 0.1) is 0 Å². The summed E-state index contributed by atoms with van der Waals surface area (Å²) in [6.45, 7) is 8.13. The Morgan fingerprint density at radius 2 is 1.67 bits per heavy atom. The number of ether oxygens (including phenoxy) is 3. The Bertz CT molecular complexity index is 2000. The van der Waals surface area contributed by atoms with E-state index in [1.807, 2.05) is 75.4 Å². The van der Waals surface area contributed by atoms with E-state index in [0.29, 0.717) is 30.2 Å². The number of aromatic nitrogens is 4. The molecule has 0 aliphatic carbocycles. The predicted octanol–water partition coefficient (Wildman–Crippen LogP) is 5.39. The van der Waals surface area contributed by atoms with Crippen molar-refractivity contribution >= 4 is 34.0 Å². The fourth-order valence-electron chi connectivity index (χ4n) is 6.08. The number of benzene rings is 2. The fraction of sp³-hybridized carbons (Fsp3) is 0.343. The first-order valence-electron chi connectivity index (χ1n) is 15.2. The molecule has 0 atom stereocenters. The monoisotopic (exact) mass is 623 g/mol. The normalized spacial score (nSPS) is 14.3. The van der Waals surface area contributed by atoms with Gasteiger partial charge in [0, 0.05) is 48.8 Å². The molecule has 5 aromatic rings. The van der Waals surface area contributed by atoms with Crippen LogP contribution in [0.2, 0.25) is 0 Å². The number of carbonyl (C=O) groups excluding carboxylic acids is 2. The first kappa shape index (κ1) is 30.8. The molecule has 1 saturated heterocycles. The first-order valence-corrected chi connectivity index (χ1v) is 15.2. The summed E-state index contributed by atoms with van der Waals surface area (Å²) in [5.41, 5.74) is 4.06. The van der Waals surface area contributed by atoms with E-state index in [4.69, 9.17) is 14.2 Å². The minimum Gasteiger partial charge on any atom is -0.481 e. The molecule has 6 rings (SSSR count). The number of carbonyl (C=O) groups is 2. The van der Waals surface area contributed by atoms with Crippen molar-refractivity contribution in [3.63, 3.8) is 0 Å². The molecule has 11 nitrogen and oxygen atoms in total. The maximum Gasteiger partial charge on any atom is 0.410 e. The molecule has 11 heteroatoms. The molecule has 0 unspecified atom stereocenters. The number of rotatable bonds is 7. The molecule has 0 radical (unpaired) electrons. The van der Waals surface area contributed by atoms with Gasteiger partial charge >= 0.3 is 17.8 Å². The van der Waals surface area contributed by atoms with E-state index in [-0.39, 0.29) is 24.7 Å². The van der Waals surface area contributed by atoms with E-state index >= 15 is 0 Å². The van der Waals surface area contributed by atoms with Crippen LogP contribution in [0.1, 0.15) is 39.7 Å². The number of pyridine rings is 2.